The molecule has 0 saturated carbocycles. The van der Waals surface area contributed by atoms with Gasteiger partial charge in [-0.1, -0.05) is 6.07 Å². The molecule has 1 saturated heterocycles. The quantitative estimate of drug-likeness (QED) is 0.910. The predicted octanol–water partition coefficient (Wildman–Crippen LogP) is 3.29. The number of benzene rings is 1. The van der Waals surface area contributed by atoms with Crippen LogP contribution in [-0.4, -0.2) is 35.7 Å². The SMILES string of the molecule is Cc1ccc(C#N)cc1NC1CCN(C(=O)OC(C)(C)C)C1. The number of nitrogens with zero attached hydrogens (tertiary/aromatic N) is 2. The van der Waals surface area contributed by atoms with Gasteiger partial charge in [0.25, 0.3) is 0 Å². The molecule has 0 aliphatic carbocycles. The Morgan fingerprint density at radius 3 is 2.82 bits per heavy atom. The Labute approximate surface area is 131 Å². The Morgan fingerprint density at radius 1 is 1.45 bits per heavy atom. The van der Waals surface area contributed by atoms with Gasteiger partial charge in [-0.15, -0.1) is 0 Å². The van der Waals surface area contributed by atoms with Crippen molar-refractivity contribution >= 4 is 11.8 Å². The maximum absolute atomic E-state index is 12.1. The van der Waals surface area contributed by atoms with Crippen LogP contribution in [0.4, 0.5) is 10.5 Å². The van der Waals surface area contributed by atoms with Crippen LogP contribution < -0.4 is 5.32 Å². The van der Waals surface area contributed by atoms with Crippen LogP contribution in [0.5, 0.6) is 0 Å². The molecule has 1 amide bonds. The zero-order valence-corrected chi connectivity index (χ0v) is 13.6. The first-order valence-corrected chi connectivity index (χ1v) is 7.54. The number of hydrogen-bond donors (Lipinski definition) is 1. The van der Waals surface area contributed by atoms with Gasteiger partial charge in [-0.3, -0.25) is 0 Å². The second kappa shape index (κ2) is 6.27. The van der Waals surface area contributed by atoms with Crippen LogP contribution in [0.2, 0.25) is 0 Å². The molecule has 118 valence electrons. The summed E-state index contributed by atoms with van der Waals surface area (Å²) in [6, 6.07) is 7.92. The van der Waals surface area contributed by atoms with Crippen LogP contribution in [0.15, 0.2) is 18.2 Å². The fourth-order valence-electron chi connectivity index (χ4n) is 2.44. The van der Waals surface area contributed by atoms with Gasteiger partial charge in [0, 0.05) is 24.8 Å². The first-order chi connectivity index (χ1) is 10.3. The van der Waals surface area contributed by atoms with E-state index >= 15 is 0 Å². The summed E-state index contributed by atoms with van der Waals surface area (Å²) in [6.07, 6.45) is 0.606. The highest BCUT2D eigenvalue weighted by molar-refractivity contribution is 5.69. The molecular weight excluding hydrogens is 278 g/mol. The Morgan fingerprint density at radius 2 is 2.18 bits per heavy atom. The number of nitriles is 1. The third kappa shape index (κ3) is 4.14. The molecule has 1 aromatic rings. The van der Waals surface area contributed by atoms with Gasteiger partial charge in [0.2, 0.25) is 0 Å². The molecule has 1 aromatic carbocycles. The molecule has 22 heavy (non-hydrogen) atoms. The molecule has 1 N–H and O–H groups in total. The lowest BCUT2D eigenvalue weighted by Crippen LogP contribution is -2.36. The highest BCUT2D eigenvalue weighted by Gasteiger charge is 2.29. The Bertz CT molecular complexity index is 599. The smallest absolute Gasteiger partial charge is 0.410 e. The molecule has 5 heteroatoms. The molecule has 0 radical (unpaired) electrons. The van der Waals surface area contributed by atoms with Gasteiger partial charge in [-0.25, -0.2) is 4.79 Å². The van der Waals surface area contributed by atoms with Gasteiger partial charge in [0.1, 0.15) is 5.60 Å². The van der Waals surface area contributed by atoms with Crippen LogP contribution in [0, 0.1) is 18.3 Å². The number of likely N-dealkylation sites (tertiary alicyclic amines) is 1. The maximum atomic E-state index is 12.1. The summed E-state index contributed by atoms with van der Waals surface area (Å²) in [5.41, 5.74) is 2.21. The summed E-state index contributed by atoms with van der Waals surface area (Å²) in [7, 11) is 0. The van der Waals surface area contributed by atoms with Crippen molar-refractivity contribution < 1.29 is 9.53 Å². The molecule has 5 nitrogen and oxygen atoms in total. The predicted molar refractivity (Wildman–Crippen MR) is 85.7 cm³/mol. The average Bonchev–Trinajstić information content (AvgIpc) is 2.88. The van der Waals surface area contributed by atoms with Crippen molar-refractivity contribution in [1.82, 2.24) is 4.90 Å². The third-order valence-electron chi connectivity index (χ3n) is 3.57. The van der Waals surface area contributed by atoms with E-state index < -0.39 is 5.60 Å². The number of ether oxygens (including phenoxy) is 1. The highest BCUT2D eigenvalue weighted by Crippen LogP contribution is 2.22. The molecule has 1 atom stereocenters. The van der Waals surface area contributed by atoms with E-state index in [1.807, 2.05) is 45.9 Å². The van der Waals surface area contributed by atoms with Crippen LogP contribution in [-0.2, 0) is 4.74 Å². The second-order valence-corrected chi connectivity index (χ2v) is 6.70. The topological polar surface area (TPSA) is 65.4 Å². The number of rotatable bonds is 2. The molecule has 1 aliphatic rings. The zero-order chi connectivity index (χ0) is 16.3. The Balaban J connectivity index is 1.97. The van der Waals surface area contributed by atoms with Gasteiger partial charge >= 0.3 is 6.09 Å². The van der Waals surface area contributed by atoms with Crippen molar-refractivity contribution in [3.8, 4) is 6.07 Å². The zero-order valence-electron chi connectivity index (χ0n) is 13.6. The minimum atomic E-state index is -0.472. The molecule has 2 rings (SSSR count). The van der Waals surface area contributed by atoms with Crippen LogP contribution in [0.3, 0.4) is 0 Å². The molecule has 1 fully saturated rings. The van der Waals surface area contributed by atoms with E-state index in [0.717, 1.165) is 17.7 Å². The van der Waals surface area contributed by atoms with Crippen molar-refractivity contribution in [2.24, 2.45) is 0 Å². The molecule has 0 bridgehead atoms. The van der Waals surface area contributed by atoms with E-state index in [1.54, 1.807) is 4.90 Å². The van der Waals surface area contributed by atoms with Gasteiger partial charge in [0.05, 0.1) is 11.6 Å². The largest absolute Gasteiger partial charge is 0.444 e. The maximum Gasteiger partial charge on any atom is 0.410 e. The molecule has 0 aromatic heterocycles. The van der Waals surface area contributed by atoms with Crippen molar-refractivity contribution in [3.63, 3.8) is 0 Å². The highest BCUT2D eigenvalue weighted by atomic mass is 16.6. The number of aryl methyl sites for hydroxylation is 1. The third-order valence-corrected chi connectivity index (χ3v) is 3.57. The summed E-state index contributed by atoms with van der Waals surface area (Å²) in [5.74, 6) is 0. The average molecular weight is 301 g/mol. The van der Waals surface area contributed by atoms with E-state index in [2.05, 4.69) is 11.4 Å². The van der Waals surface area contributed by atoms with Gasteiger partial charge in [0.15, 0.2) is 0 Å². The summed E-state index contributed by atoms with van der Waals surface area (Å²) in [6.45, 7) is 8.91. The van der Waals surface area contributed by atoms with Crippen LogP contribution in [0.1, 0.15) is 38.3 Å². The van der Waals surface area contributed by atoms with Crippen molar-refractivity contribution in [2.45, 2.75) is 45.8 Å². The number of nitrogens with one attached hydrogen (secondary N) is 1. The molecule has 0 spiro atoms. The van der Waals surface area contributed by atoms with Crippen molar-refractivity contribution in [1.29, 1.82) is 5.26 Å². The van der Waals surface area contributed by atoms with E-state index in [4.69, 9.17) is 10.00 Å². The van der Waals surface area contributed by atoms with Crippen molar-refractivity contribution in [3.05, 3.63) is 29.3 Å². The van der Waals surface area contributed by atoms with Crippen LogP contribution in [0.25, 0.3) is 0 Å². The minimum absolute atomic E-state index is 0.181. The first-order valence-electron chi connectivity index (χ1n) is 7.54. The lowest BCUT2D eigenvalue weighted by molar-refractivity contribution is 0.0293. The molecule has 1 heterocycles. The fraction of sp³-hybridized carbons (Fsp3) is 0.529. The normalized spacial score (nSPS) is 18.0. The first kappa shape index (κ1) is 16.2. The number of anilines is 1. The fourth-order valence-corrected chi connectivity index (χ4v) is 2.44. The van der Waals surface area contributed by atoms with E-state index in [0.29, 0.717) is 18.7 Å². The minimum Gasteiger partial charge on any atom is -0.444 e. The monoisotopic (exact) mass is 301 g/mol. The van der Waals surface area contributed by atoms with Crippen LogP contribution >= 0.6 is 0 Å². The number of amides is 1. The summed E-state index contributed by atoms with van der Waals surface area (Å²) in [5, 5.41) is 12.4. The summed E-state index contributed by atoms with van der Waals surface area (Å²) < 4.78 is 5.40. The lowest BCUT2D eigenvalue weighted by atomic mass is 10.1. The van der Waals surface area contributed by atoms with E-state index in [-0.39, 0.29) is 12.1 Å². The summed E-state index contributed by atoms with van der Waals surface area (Å²) >= 11 is 0. The van der Waals surface area contributed by atoms with Gasteiger partial charge in [-0.2, -0.15) is 5.26 Å². The standard InChI is InChI=1S/C17H23N3O2/c1-12-5-6-13(10-18)9-15(12)19-14-7-8-20(11-14)16(21)22-17(2,3)4/h5-6,9,14,19H,7-8,11H2,1-4H3. The number of hydrogen-bond acceptors (Lipinski definition) is 4. The van der Waals surface area contributed by atoms with Crippen molar-refractivity contribution in [2.75, 3.05) is 18.4 Å². The number of carbonyl (C=O) groups is 1. The van der Waals surface area contributed by atoms with E-state index in [1.165, 1.54) is 0 Å². The molecule has 1 aliphatic heterocycles. The Hall–Kier alpha value is -2.22. The molecular formula is C17H23N3O2. The Kier molecular flexibility index (Phi) is 4.60. The van der Waals surface area contributed by atoms with Gasteiger partial charge < -0.3 is 15.0 Å². The molecule has 1 unspecified atom stereocenters. The lowest BCUT2D eigenvalue weighted by Gasteiger charge is -2.24. The number of carbonyl (C=O) groups excluding carboxylic acids is 1. The summed E-state index contributed by atoms with van der Waals surface area (Å²) in [4.78, 5) is 13.8. The van der Waals surface area contributed by atoms with E-state index in [9.17, 15) is 4.79 Å². The van der Waals surface area contributed by atoms with Gasteiger partial charge in [-0.05, 0) is 51.8 Å². The second-order valence-electron chi connectivity index (χ2n) is 6.70.